The molecule has 1 heterocycles. The van der Waals surface area contributed by atoms with Crippen molar-refractivity contribution in [3.05, 3.63) is 35.6 Å². The van der Waals surface area contributed by atoms with Crippen LogP contribution in [0.5, 0.6) is 0 Å². The SMILES string of the molecule is Cc1c(CC(C)C)oc2c[c]ccc12. The molecule has 1 aromatic carbocycles. The summed E-state index contributed by atoms with van der Waals surface area (Å²) in [6.45, 7) is 6.54. The number of aryl methyl sites for hydroxylation is 1. The van der Waals surface area contributed by atoms with Gasteiger partial charge in [0.05, 0.1) is 0 Å². The van der Waals surface area contributed by atoms with E-state index in [-0.39, 0.29) is 0 Å². The fourth-order valence-corrected chi connectivity index (χ4v) is 1.73. The molecular formula is C13H15O. The molecule has 1 heteroatoms. The Morgan fingerprint density at radius 1 is 1.43 bits per heavy atom. The van der Waals surface area contributed by atoms with Gasteiger partial charge < -0.3 is 4.42 Å². The molecule has 1 nitrogen and oxygen atoms in total. The Labute approximate surface area is 84.7 Å². The number of rotatable bonds is 2. The highest BCUT2D eigenvalue weighted by atomic mass is 16.3. The molecule has 0 saturated carbocycles. The molecule has 1 aromatic heterocycles. The maximum Gasteiger partial charge on any atom is 0.135 e. The number of benzene rings is 1. The molecule has 14 heavy (non-hydrogen) atoms. The first-order valence-electron chi connectivity index (χ1n) is 5.06. The van der Waals surface area contributed by atoms with E-state index >= 15 is 0 Å². The molecule has 0 aliphatic carbocycles. The summed E-state index contributed by atoms with van der Waals surface area (Å²) in [6, 6.07) is 8.95. The van der Waals surface area contributed by atoms with E-state index < -0.39 is 0 Å². The summed E-state index contributed by atoms with van der Waals surface area (Å²) in [5.41, 5.74) is 2.24. The van der Waals surface area contributed by atoms with E-state index in [0.717, 1.165) is 17.8 Å². The maximum atomic E-state index is 5.78. The van der Waals surface area contributed by atoms with Crippen molar-refractivity contribution in [1.82, 2.24) is 0 Å². The summed E-state index contributed by atoms with van der Waals surface area (Å²) < 4.78 is 5.78. The second-order valence-electron chi connectivity index (χ2n) is 4.17. The monoisotopic (exact) mass is 187 g/mol. The van der Waals surface area contributed by atoms with Crippen LogP contribution in [-0.4, -0.2) is 0 Å². The fraction of sp³-hybridized carbons (Fsp3) is 0.385. The smallest absolute Gasteiger partial charge is 0.135 e. The van der Waals surface area contributed by atoms with Crippen LogP contribution in [0.25, 0.3) is 11.0 Å². The summed E-state index contributed by atoms with van der Waals surface area (Å²) in [7, 11) is 0. The van der Waals surface area contributed by atoms with Crippen molar-refractivity contribution < 1.29 is 4.42 Å². The lowest BCUT2D eigenvalue weighted by molar-refractivity contribution is 0.496. The van der Waals surface area contributed by atoms with E-state index in [2.05, 4.69) is 32.9 Å². The molecular weight excluding hydrogens is 172 g/mol. The average molecular weight is 187 g/mol. The molecule has 2 aromatic rings. The second kappa shape index (κ2) is 3.49. The van der Waals surface area contributed by atoms with Crippen LogP contribution in [0.3, 0.4) is 0 Å². The first-order chi connectivity index (χ1) is 6.68. The Hall–Kier alpha value is -1.24. The third-order valence-corrected chi connectivity index (χ3v) is 2.48. The van der Waals surface area contributed by atoms with Gasteiger partial charge in [0.25, 0.3) is 0 Å². The second-order valence-corrected chi connectivity index (χ2v) is 4.17. The highest BCUT2D eigenvalue weighted by Crippen LogP contribution is 2.26. The lowest BCUT2D eigenvalue weighted by atomic mass is 10.0. The molecule has 0 spiro atoms. The molecule has 1 radical (unpaired) electrons. The normalized spacial score (nSPS) is 11.4. The minimum atomic E-state index is 0.637. The van der Waals surface area contributed by atoms with Gasteiger partial charge in [0, 0.05) is 11.8 Å². The molecule has 0 aliphatic rings. The average Bonchev–Trinajstić information content (AvgIpc) is 2.44. The third kappa shape index (κ3) is 1.54. The van der Waals surface area contributed by atoms with Gasteiger partial charge in [0.15, 0.2) is 0 Å². The van der Waals surface area contributed by atoms with Crippen molar-refractivity contribution in [3.63, 3.8) is 0 Å². The van der Waals surface area contributed by atoms with Crippen molar-refractivity contribution in [1.29, 1.82) is 0 Å². The zero-order valence-corrected chi connectivity index (χ0v) is 8.92. The Morgan fingerprint density at radius 3 is 2.86 bits per heavy atom. The Bertz CT molecular complexity index is 437. The predicted octanol–water partition coefficient (Wildman–Crippen LogP) is 3.74. The van der Waals surface area contributed by atoms with Crippen LogP contribution in [0.15, 0.2) is 22.6 Å². The van der Waals surface area contributed by atoms with Gasteiger partial charge in [-0.1, -0.05) is 26.0 Å². The van der Waals surface area contributed by atoms with Crippen LogP contribution in [-0.2, 0) is 6.42 Å². The standard InChI is InChI=1S/C13H15O/c1-9(2)8-13-10(3)11-6-4-5-7-12(11)14-13/h4,6-7,9H,8H2,1-3H3. The van der Waals surface area contributed by atoms with Crippen molar-refractivity contribution >= 4 is 11.0 Å². The van der Waals surface area contributed by atoms with E-state index in [4.69, 9.17) is 4.42 Å². The summed E-state index contributed by atoms with van der Waals surface area (Å²) in [5.74, 6) is 1.76. The molecule has 0 atom stereocenters. The van der Waals surface area contributed by atoms with Crippen molar-refractivity contribution in [2.24, 2.45) is 5.92 Å². The predicted molar refractivity (Wildman–Crippen MR) is 58.3 cm³/mol. The molecule has 2 rings (SSSR count). The number of fused-ring (bicyclic) bond motifs is 1. The number of furan rings is 1. The van der Waals surface area contributed by atoms with Gasteiger partial charge in [-0.25, -0.2) is 0 Å². The quantitative estimate of drug-likeness (QED) is 0.698. The van der Waals surface area contributed by atoms with Crippen LogP contribution in [0.4, 0.5) is 0 Å². The summed E-state index contributed by atoms with van der Waals surface area (Å²) >= 11 is 0. The summed E-state index contributed by atoms with van der Waals surface area (Å²) in [4.78, 5) is 0. The van der Waals surface area contributed by atoms with Gasteiger partial charge in [-0.2, -0.15) is 0 Å². The number of hydrogen-bond acceptors (Lipinski definition) is 1. The highest BCUT2D eigenvalue weighted by Gasteiger charge is 2.10. The van der Waals surface area contributed by atoms with Crippen LogP contribution < -0.4 is 0 Å². The highest BCUT2D eigenvalue weighted by molar-refractivity contribution is 5.81. The van der Waals surface area contributed by atoms with E-state index in [1.54, 1.807) is 0 Å². The van der Waals surface area contributed by atoms with Crippen LogP contribution in [0, 0.1) is 18.9 Å². The topological polar surface area (TPSA) is 13.1 Å². The van der Waals surface area contributed by atoms with Gasteiger partial charge in [-0.05, 0) is 30.5 Å². The van der Waals surface area contributed by atoms with Gasteiger partial charge in [0.2, 0.25) is 0 Å². The molecule has 0 saturated heterocycles. The minimum Gasteiger partial charge on any atom is -0.461 e. The lowest BCUT2D eigenvalue weighted by Crippen LogP contribution is -1.93. The van der Waals surface area contributed by atoms with Gasteiger partial charge >= 0.3 is 0 Å². The fourth-order valence-electron chi connectivity index (χ4n) is 1.73. The molecule has 0 amide bonds. The van der Waals surface area contributed by atoms with Crippen molar-refractivity contribution in [2.45, 2.75) is 27.2 Å². The summed E-state index contributed by atoms with van der Waals surface area (Å²) in [6.07, 6.45) is 1.01. The first kappa shape index (κ1) is 9.32. The van der Waals surface area contributed by atoms with Gasteiger partial charge in [0.1, 0.15) is 11.3 Å². The zero-order valence-electron chi connectivity index (χ0n) is 8.92. The van der Waals surface area contributed by atoms with Crippen LogP contribution in [0.2, 0.25) is 0 Å². The first-order valence-corrected chi connectivity index (χ1v) is 5.06. The number of hydrogen-bond donors (Lipinski definition) is 0. The van der Waals surface area contributed by atoms with E-state index in [0.29, 0.717) is 5.92 Å². The summed E-state index contributed by atoms with van der Waals surface area (Å²) in [5, 5.41) is 1.22. The van der Waals surface area contributed by atoms with E-state index in [9.17, 15) is 0 Å². The van der Waals surface area contributed by atoms with Crippen LogP contribution >= 0.6 is 0 Å². The van der Waals surface area contributed by atoms with E-state index in [1.807, 2.05) is 12.1 Å². The maximum absolute atomic E-state index is 5.78. The minimum absolute atomic E-state index is 0.637. The Balaban J connectivity index is 2.51. The Morgan fingerprint density at radius 2 is 2.21 bits per heavy atom. The lowest BCUT2D eigenvalue weighted by Gasteiger charge is -2.01. The van der Waals surface area contributed by atoms with Crippen molar-refractivity contribution in [3.8, 4) is 0 Å². The van der Waals surface area contributed by atoms with Crippen LogP contribution in [0.1, 0.15) is 25.2 Å². The van der Waals surface area contributed by atoms with Crippen molar-refractivity contribution in [2.75, 3.05) is 0 Å². The zero-order chi connectivity index (χ0) is 10.1. The molecule has 73 valence electrons. The third-order valence-electron chi connectivity index (χ3n) is 2.48. The van der Waals surface area contributed by atoms with Gasteiger partial charge in [-0.15, -0.1) is 0 Å². The molecule has 0 aliphatic heterocycles. The molecule has 0 fully saturated rings. The Kier molecular flexibility index (Phi) is 2.32. The van der Waals surface area contributed by atoms with E-state index in [1.165, 1.54) is 10.9 Å². The van der Waals surface area contributed by atoms with Gasteiger partial charge in [-0.3, -0.25) is 0 Å². The molecule has 0 unspecified atom stereocenters. The molecule has 0 N–H and O–H groups in total. The largest absolute Gasteiger partial charge is 0.461 e. The molecule has 0 bridgehead atoms.